The lowest BCUT2D eigenvalue weighted by atomic mass is 10.1. The molecule has 20 heavy (non-hydrogen) atoms. The van der Waals surface area contributed by atoms with Crippen molar-refractivity contribution in [3.63, 3.8) is 0 Å². The standard InChI is InChI=1S/C14H18N2O4/c17-12(16-6-8-20-9-7-16)10-15-13(14(18)19)11-4-2-1-3-5-11/h1-5,13,15H,6-10H2,(H,18,19). The third kappa shape index (κ3) is 3.79. The van der Waals surface area contributed by atoms with E-state index in [1.165, 1.54) is 0 Å². The van der Waals surface area contributed by atoms with E-state index in [2.05, 4.69) is 5.32 Å². The lowest BCUT2D eigenvalue weighted by Gasteiger charge is -2.27. The molecule has 1 aromatic rings. The molecule has 1 atom stereocenters. The monoisotopic (exact) mass is 278 g/mol. The average molecular weight is 278 g/mol. The van der Waals surface area contributed by atoms with Crippen molar-refractivity contribution in [2.45, 2.75) is 6.04 Å². The Morgan fingerprint density at radius 3 is 2.50 bits per heavy atom. The van der Waals surface area contributed by atoms with Gasteiger partial charge in [0.15, 0.2) is 0 Å². The highest BCUT2D eigenvalue weighted by Gasteiger charge is 2.22. The van der Waals surface area contributed by atoms with Gasteiger partial charge in [-0.2, -0.15) is 0 Å². The lowest BCUT2D eigenvalue weighted by molar-refractivity contribution is -0.140. The van der Waals surface area contributed by atoms with Crippen LogP contribution in [0.25, 0.3) is 0 Å². The quantitative estimate of drug-likeness (QED) is 0.808. The SMILES string of the molecule is O=C(O)C(NCC(=O)N1CCOCC1)c1ccccc1. The Kier molecular flexibility index (Phi) is 5.09. The molecule has 0 spiro atoms. The molecule has 0 aliphatic carbocycles. The number of amides is 1. The van der Waals surface area contributed by atoms with E-state index in [0.29, 0.717) is 31.9 Å². The highest BCUT2D eigenvalue weighted by molar-refractivity contribution is 5.80. The maximum Gasteiger partial charge on any atom is 0.325 e. The number of ether oxygens (including phenoxy) is 1. The maximum absolute atomic E-state index is 12.0. The van der Waals surface area contributed by atoms with E-state index in [4.69, 9.17) is 4.74 Å². The molecule has 1 heterocycles. The number of carbonyl (C=O) groups is 2. The summed E-state index contributed by atoms with van der Waals surface area (Å²) in [6, 6.07) is 7.95. The lowest BCUT2D eigenvalue weighted by Crippen LogP contribution is -2.45. The number of morpholine rings is 1. The van der Waals surface area contributed by atoms with Gasteiger partial charge in [-0.3, -0.25) is 14.9 Å². The van der Waals surface area contributed by atoms with Crippen molar-refractivity contribution in [2.24, 2.45) is 0 Å². The molecule has 1 fully saturated rings. The zero-order valence-electron chi connectivity index (χ0n) is 11.1. The maximum atomic E-state index is 12.0. The van der Waals surface area contributed by atoms with Gasteiger partial charge < -0.3 is 14.7 Å². The van der Waals surface area contributed by atoms with Crippen molar-refractivity contribution < 1.29 is 19.4 Å². The van der Waals surface area contributed by atoms with E-state index in [1.54, 1.807) is 29.2 Å². The van der Waals surface area contributed by atoms with Crippen LogP contribution in [0.1, 0.15) is 11.6 Å². The summed E-state index contributed by atoms with van der Waals surface area (Å²) in [4.78, 5) is 24.9. The molecule has 2 rings (SSSR count). The summed E-state index contributed by atoms with van der Waals surface area (Å²) in [5.41, 5.74) is 0.634. The largest absolute Gasteiger partial charge is 0.480 e. The third-order valence-corrected chi connectivity index (χ3v) is 3.20. The summed E-state index contributed by atoms with van der Waals surface area (Å²) < 4.78 is 5.17. The molecule has 1 amide bonds. The van der Waals surface area contributed by atoms with Crippen molar-refractivity contribution in [2.75, 3.05) is 32.8 Å². The Morgan fingerprint density at radius 1 is 1.25 bits per heavy atom. The van der Waals surface area contributed by atoms with Gasteiger partial charge in [-0.05, 0) is 5.56 Å². The van der Waals surface area contributed by atoms with Crippen LogP contribution in [0.4, 0.5) is 0 Å². The van der Waals surface area contributed by atoms with Crippen LogP contribution in [-0.4, -0.2) is 54.7 Å². The van der Waals surface area contributed by atoms with Crippen molar-refractivity contribution in [3.05, 3.63) is 35.9 Å². The molecule has 1 aliphatic rings. The zero-order chi connectivity index (χ0) is 14.4. The highest BCUT2D eigenvalue weighted by atomic mass is 16.5. The van der Waals surface area contributed by atoms with Crippen LogP contribution in [0, 0.1) is 0 Å². The minimum atomic E-state index is -0.994. The van der Waals surface area contributed by atoms with E-state index in [-0.39, 0.29) is 12.5 Å². The Morgan fingerprint density at radius 2 is 1.90 bits per heavy atom. The van der Waals surface area contributed by atoms with Crippen LogP contribution in [0.15, 0.2) is 30.3 Å². The number of rotatable bonds is 5. The number of benzene rings is 1. The fraction of sp³-hybridized carbons (Fsp3) is 0.429. The van der Waals surface area contributed by atoms with Gasteiger partial charge in [0.05, 0.1) is 19.8 Å². The molecule has 1 unspecified atom stereocenters. The van der Waals surface area contributed by atoms with Crippen LogP contribution in [0.3, 0.4) is 0 Å². The summed E-state index contributed by atoms with van der Waals surface area (Å²) in [5.74, 6) is -1.10. The van der Waals surface area contributed by atoms with E-state index in [9.17, 15) is 14.7 Å². The number of nitrogens with one attached hydrogen (secondary N) is 1. The first kappa shape index (κ1) is 14.5. The van der Waals surface area contributed by atoms with Crippen molar-refractivity contribution in [1.82, 2.24) is 10.2 Å². The summed E-state index contributed by atoms with van der Waals surface area (Å²) in [5, 5.41) is 12.0. The van der Waals surface area contributed by atoms with E-state index < -0.39 is 12.0 Å². The van der Waals surface area contributed by atoms with E-state index >= 15 is 0 Å². The van der Waals surface area contributed by atoms with Gasteiger partial charge >= 0.3 is 5.97 Å². The molecule has 0 bridgehead atoms. The topological polar surface area (TPSA) is 78.9 Å². The first-order valence-corrected chi connectivity index (χ1v) is 6.55. The fourth-order valence-corrected chi connectivity index (χ4v) is 2.11. The van der Waals surface area contributed by atoms with Gasteiger partial charge in [0, 0.05) is 13.1 Å². The second-order valence-corrected chi connectivity index (χ2v) is 4.56. The van der Waals surface area contributed by atoms with Crippen molar-refractivity contribution in [1.29, 1.82) is 0 Å². The molecular weight excluding hydrogens is 260 g/mol. The van der Waals surface area contributed by atoms with Gasteiger partial charge in [0.25, 0.3) is 0 Å². The van der Waals surface area contributed by atoms with Crippen LogP contribution in [-0.2, 0) is 14.3 Å². The average Bonchev–Trinajstić information content (AvgIpc) is 2.49. The Bertz CT molecular complexity index is 458. The van der Waals surface area contributed by atoms with Crippen LogP contribution in [0.5, 0.6) is 0 Å². The van der Waals surface area contributed by atoms with E-state index in [1.807, 2.05) is 6.07 Å². The molecule has 108 valence electrons. The van der Waals surface area contributed by atoms with Crippen LogP contribution >= 0.6 is 0 Å². The Balaban J connectivity index is 1.92. The molecular formula is C14H18N2O4. The van der Waals surface area contributed by atoms with E-state index in [0.717, 1.165) is 0 Å². The summed E-state index contributed by atoms with van der Waals surface area (Å²) in [6.45, 7) is 2.19. The zero-order valence-corrected chi connectivity index (χ0v) is 11.1. The van der Waals surface area contributed by atoms with Gasteiger partial charge in [-0.1, -0.05) is 30.3 Å². The Hall–Kier alpha value is -1.92. The van der Waals surface area contributed by atoms with Crippen molar-refractivity contribution >= 4 is 11.9 Å². The third-order valence-electron chi connectivity index (χ3n) is 3.20. The summed E-state index contributed by atoms with van der Waals surface area (Å²) in [7, 11) is 0. The molecule has 0 aromatic heterocycles. The molecule has 1 aromatic carbocycles. The van der Waals surface area contributed by atoms with Gasteiger partial charge in [-0.25, -0.2) is 0 Å². The number of aliphatic carboxylic acids is 1. The number of nitrogens with zero attached hydrogens (tertiary/aromatic N) is 1. The number of hydrogen-bond acceptors (Lipinski definition) is 4. The number of carboxylic acids is 1. The molecule has 1 aliphatic heterocycles. The minimum absolute atomic E-state index is 0.00581. The van der Waals surface area contributed by atoms with Gasteiger partial charge in [0.2, 0.25) is 5.91 Å². The van der Waals surface area contributed by atoms with Gasteiger partial charge in [0.1, 0.15) is 6.04 Å². The molecule has 2 N–H and O–H groups in total. The minimum Gasteiger partial charge on any atom is -0.480 e. The number of carbonyl (C=O) groups excluding carboxylic acids is 1. The molecule has 0 saturated carbocycles. The first-order chi connectivity index (χ1) is 9.68. The molecule has 6 heteroatoms. The fourth-order valence-electron chi connectivity index (χ4n) is 2.11. The summed E-state index contributed by atoms with van der Waals surface area (Å²) in [6.07, 6.45) is 0. The number of carboxylic acid groups (broad SMARTS) is 1. The summed E-state index contributed by atoms with van der Waals surface area (Å²) >= 11 is 0. The second kappa shape index (κ2) is 7.02. The van der Waals surface area contributed by atoms with Gasteiger partial charge in [-0.15, -0.1) is 0 Å². The number of hydrogen-bond donors (Lipinski definition) is 2. The Labute approximate surface area is 117 Å². The molecule has 6 nitrogen and oxygen atoms in total. The second-order valence-electron chi connectivity index (χ2n) is 4.56. The predicted molar refractivity (Wildman–Crippen MR) is 72.2 cm³/mol. The molecule has 0 radical (unpaired) electrons. The predicted octanol–water partition coefficient (Wildman–Crippen LogP) is 0.261. The molecule has 1 saturated heterocycles. The highest BCUT2D eigenvalue weighted by Crippen LogP contribution is 2.12. The normalized spacial score (nSPS) is 16.7. The first-order valence-electron chi connectivity index (χ1n) is 6.55. The van der Waals surface area contributed by atoms with Crippen molar-refractivity contribution in [3.8, 4) is 0 Å². The smallest absolute Gasteiger partial charge is 0.325 e. The van der Waals surface area contributed by atoms with Crippen LogP contribution < -0.4 is 5.32 Å². The van der Waals surface area contributed by atoms with Crippen LogP contribution in [0.2, 0.25) is 0 Å².